The average molecular weight is 443 g/mol. The highest BCUT2D eigenvalue weighted by Crippen LogP contribution is 2.40. The molecule has 0 bridgehead atoms. The number of rotatable bonds is 5. The van der Waals surface area contributed by atoms with E-state index >= 15 is 0 Å². The van der Waals surface area contributed by atoms with Crippen molar-refractivity contribution < 1.29 is 23.0 Å². The van der Waals surface area contributed by atoms with Gasteiger partial charge < -0.3 is 9.84 Å². The van der Waals surface area contributed by atoms with Gasteiger partial charge in [-0.1, -0.05) is 0 Å². The van der Waals surface area contributed by atoms with Crippen molar-refractivity contribution in [1.82, 2.24) is 14.7 Å². The molecular formula is C24H24F3N3O2. The van der Waals surface area contributed by atoms with E-state index in [9.17, 15) is 18.3 Å². The minimum atomic E-state index is -0.919. The topological polar surface area (TPSA) is 50.5 Å². The molecule has 5 nitrogen and oxygen atoms in total. The fourth-order valence-electron chi connectivity index (χ4n) is 4.91. The molecule has 1 N–H and O–H groups in total. The van der Waals surface area contributed by atoms with Crippen LogP contribution in [0.2, 0.25) is 0 Å². The smallest absolute Gasteiger partial charge is 0.129 e. The Hall–Kier alpha value is -2.68. The second-order valence-electron chi connectivity index (χ2n) is 8.42. The Balaban J connectivity index is 1.63. The zero-order valence-electron chi connectivity index (χ0n) is 17.7. The van der Waals surface area contributed by atoms with Crippen LogP contribution in [-0.4, -0.2) is 52.7 Å². The number of fused-ring (bicyclic) bond motifs is 2. The summed E-state index contributed by atoms with van der Waals surface area (Å²) in [7, 11) is 1.66. The second-order valence-corrected chi connectivity index (χ2v) is 8.42. The predicted octanol–water partition coefficient (Wildman–Crippen LogP) is 3.48. The van der Waals surface area contributed by atoms with E-state index in [1.807, 2.05) is 0 Å². The van der Waals surface area contributed by atoms with Gasteiger partial charge in [-0.05, 0) is 41.5 Å². The molecule has 0 radical (unpaired) electrons. The van der Waals surface area contributed by atoms with Crippen molar-refractivity contribution in [2.24, 2.45) is 0 Å². The van der Waals surface area contributed by atoms with Gasteiger partial charge in [-0.25, -0.2) is 13.2 Å². The fourth-order valence-corrected chi connectivity index (χ4v) is 4.91. The summed E-state index contributed by atoms with van der Waals surface area (Å²) in [5.41, 5.74) is 4.12. The SMILES string of the molecule is COCCN1CCc2c(c(-c3ccc(F)cc3)nn2C2c3cc(F)cc(F)c3CC2O)C1. The first-order valence-electron chi connectivity index (χ1n) is 10.7. The number of benzene rings is 2. The van der Waals surface area contributed by atoms with Gasteiger partial charge in [-0.3, -0.25) is 9.58 Å². The Morgan fingerprint density at radius 2 is 1.88 bits per heavy atom. The molecule has 5 rings (SSSR count). The molecule has 2 aliphatic rings. The van der Waals surface area contributed by atoms with Crippen molar-refractivity contribution in [2.75, 3.05) is 26.8 Å². The van der Waals surface area contributed by atoms with Gasteiger partial charge in [0.15, 0.2) is 0 Å². The molecule has 0 saturated heterocycles. The lowest BCUT2D eigenvalue weighted by Gasteiger charge is -2.29. The van der Waals surface area contributed by atoms with Gasteiger partial charge in [-0.15, -0.1) is 0 Å². The summed E-state index contributed by atoms with van der Waals surface area (Å²) in [6, 6.07) is 7.59. The predicted molar refractivity (Wildman–Crippen MR) is 113 cm³/mol. The molecule has 0 fully saturated rings. The molecule has 1 aliphatic carbocycles. The lowest BCUT2D eigenvalue weighted by Crippen LogP contribution is -2.34. The van der Waals surface area contributed by atoms with Crippen LogP contribution in [0.4, 0.5) is 13.2 Å². The molecule has 0 amide bonds. The largest absolute Gasteiger partial charge is 0.390 e. The van der Waals surface area contributed by atoms with Crippen LogP contribution in [0.3, 0.4) is 0 Å². The monoisotopic (exact) mass is 443 g/mol. The third kappa shape index (κ3) is 3.62. The number of halogens is 3. The van der Waals surface area contributed by atoms with Crippen molar-refractivity contribution in [1.29, 1.82) is 0 Å². The van der Waals surface area contributed by atoms with Crippen LogP contribution >= 0.6 is 0 Å². The fraction of sp³-hybridized carbons (Fsp3) is 0.375. The number of methoxy groups -OCH3 is 1. The quantitative estimate of drug-likeness (QED) is 0.656. The van der Waals surface area contributed by atoms with Crippen LogP contribution in [0, 0.1) is 17.5 Å². The van der Waals surface area contributed by atoms with Gasteiger partial charge in [0.2, 0.25) is 0 Å². The number of hydrogen-bond acceptors (Lipinski definition) is 4. The Kier molecular flexibility index (Phi) is 5.53. The molecule has 2 unspecified atom stereocenters. The molecule has 2 aromatic carbocycles. The number of aliphatic hydroxyl groups excluding tert-OH is 1. The Bertz CT molecular complexity index is 1150. The Labute approximate surface area is 184 Å². The molecule has 2 heterocycles. The molecule has 32 heavy (non-hydrogen) atoms. The van der Waals surface area contributed by atoms with Crippen molar-refractivity contribution in [3.63, 3.8) is 0 Å². The van der Waals surface area contributed by atoms with Crippen LogP contribution in [0.15, 0.2) is 36.4 Å². The Morgan fingerprint density at radius 3 is 2.62 bits per heavy atom. The standard InChI is InChI=1S/C24H24F3N3O2/c1-32-9-8-29-7-6-21-19(13-29)23(14-2-4-15(25)5-3-14)28-30(21)24-18-10-16(26)11-20(27)17(18)12-22(24)31/h2-5,10-11,22,24,31H,6-9,12-13H2,1H3. The van der Waals surface area contributed by atoms with Crippen LogP contribution < -0.4 is 0 Å². The van der Waals surface area contributed by atoms with Crippen molar-refractivity contribution >= 4 is 0 Å². The number of aromatic nitrogens is 2. The number of ether oxygens (including phenoxy) is 1. The average Bonchev–Trinajstić information content (AvgIpc) is 3.29. The molecular weight excluding hydrogens is 419 g/mol. The summed E-state index contributed by atoms with van der Waals surface area (Å²) in [5.74, 6) is -1.66. The first-order valence-corrected chi connectivity index (χ1v) is 10.7. The van der Waals surface area contributed by atoms with Gasteiger partial charge in [0.25, 0.3) is 0 Å². The summed E-state index contributed by atoms with van der Waals surface area (Å²) < 4.78 is 48.9. The minimum absolute atomic E-state index is 0.104. The summed E-state index contributed by atoms with van der Waals surface area (Å²) in [6.07, 6.45) is -0.145. The van der Waals surface area contributed by atoms with Gasteiger partial charge >= 0.3 is 0 Å². The van der Waals surface area contributed by atoms with Crippen LogP contribution in [-0.2, 0) is 24.1 Å². The molecule has 2 atom stereocenters. The normalized spacial score (nSPS) is 20.4. The molecule has 168 valence electrons. The van der Waals surface area contributed by atoms with E-state index in [1.54, 1.807) is 23.9 Å². The lowest BCUT2D eigenvalue weighted by molar-refractivity contribution is 0.130. The maximum absolute atomic E-state index is 14.4. The van der Waals surface area contributed by atoms with E-state index < -0.39 is 23.8 Å². The highest BCUT2D eigenvalue weighted by molar-refractivity contribution is 5.65. The molecule has 8 heteroatoms. The maximum atomic E-state index is 14.4. The van der Waals surface area contributed by atoms with E-state index in [1.165, 1.54) is 18.2 Å². The van der Waals surface area contributed by atoms with Gasteiger partial charge in [0.1, 0.15) is 23.5 Å². The lowest BCUT2D eigenvalue weighted by atomic mass is 10.00. The Morgan fingerprint density at radius 1 is 1.09 bits per heavy atom. The van der Waals surface area contributed by atoms with Crippen molar-refractivity contribution in [2.45, 2.75) is 31.5 Å². The molecule has 0 saturated carbocycles. The van der Waals surface area contributed by atoms with E-state index in [0.717, 1.165) is 36.0 Å². The van der Waals surface area contributed by atoms with Crippen molar-refractivity contribution in [3.8, 4) is 11.3 Å². The first-order chi connectivity index (χ1) is 15.5. The maximum Gasteiger partial charge on any atom is 0.129 e. The minimum Gasteiger partial charge on any atom is -0.390 e. The number of nitrogens with zero attached hydrogens (tertiary/aromatic N) is 3. The summed E-state index contributed by atoms with van der Waals surface area (Å²) in [4.78, 5) is 2.25. The number of hydrogen-bond donors (Lipinski definition) is 1. The summed E-state index contributed by atoms with van der Waals surface area (Å²) in [6.45, 7) is 2.76. The van der Waals surface area contributed by atoms with Crippen LogP contribution in [0.25, 0.3) is 11.3 Å². The van der Waals surface area contributed by atoms with Gasteiger partial charge in [-0.2, -0.15) is 5.10 Å². The van der Waals surface area contributed by atoms with E-state index in [-0.39, 0.29) is 12.2 Å². The van der Waals surface area contributed by atoms with Gasteiger partial charge in [0, 0.05) is 62.5 Å². The van der Waals surface area contributed by atoms with Gasteiger partial charge in [0.05, 0.1) is 18.4 Å². The summed E-state index contributed by atoms with van der Waals surface area (Å²) in [5, 5.41) is 15.7. The summed E-state index contributed by atoms with van der Waals surface area (Å²) >= 11 is 0. The molecule has 3 aromatic rings. The van der Waals surface area contributed by atoms with E-state index in [2.05, 4.69) is 4.90 Å². The third-order valence-corrected chi connectivity index (χ3v) is 6.45. The second kappa shape index (κ2) is 8.35. The third-order valence-electron chi connectivity index (χ3n) is 6.45. The van der Waals surface area contributed by atoms with E-state index in [0.29, 0.717) is 36.4 Å². The number of aliphatic hydroxyl groups is 1. The zero-order chi connectivity index (χ0) is 22.4. The zero-order valence-corrected chi connectivity index (χ0v) is 17.7. The highest BCUT2D eigenvalue weighted by atomic mass is 19.1. The van der Waals surface area contributed by atoms with Crippen molar-refractivity contribution in [3.05, 3.63) is 76.2 Å². The first kappa shape index (κ1) is 21.2. The highest BCUT2D eigenvalue weighted by Gasteiger charge is 2.39. The van der Waals surface area contributed by atoms with Crippen LogP contribution in [0.5, 0.6) is 0 Å². The molecule has 1 aromatic heterocycles. The van der Waals surface area contributed by atoms with Crippen LogP contribution in [0.1, 0.15) is 28.4 Å². The molecule has 1 aliphatic heterocycles. The molecule has 0 spiro atoms. The van der Waals surface area contributed by atoms with E-state index in [4.69, 9.17) is 9.84 Å².